The molecule has 146 valence electrons. The van der Waals surface area contributed by atoms with Gasteiger partial charge in [-0.05, 0) is 44.6 Å². The molecule has 0 bridgehead atoms. The third-order valence-corrected chi connectivity index (χ3v) is 4.16. The second-order valence-electron chi connectivity index (χ2n) is 8.76. The Morgan fingerprint density at radius 2 is 1.62 bits per heavy atom. The van der Waals surface area contributed by atoms with E-state index in [-0.39, 0.29) is 23.7 Å². The van der Waals surface area contributed by atoms with Gasteiger partial charge in [0.25, 0.3) is 0 Å². The quantitative estimate of drug-likeness (QED) is 0.699. The molecule has 26 heavy (non-hydrogen) atoms. The molecule has 0 aromatic heterocycles. The minimum absolute atomic E-state index is 0.0690. The summed E-state index contributed by atoms with van der Waals surface area (Å²) in [6.45, 7) is 13.8. The number of hydrogen-bond acceptors (Lipinski definition) is 3. The predicted octanol–water partition coefficient (Wildman–Crippen LogP) is 4.37. The van der Waals surface area contributed by atoms with Gasteiger partial charge in [0, 0.05) is 12.3 Å². The lowest BCUT2D eigenvalue weighted by Crippen LogP contribution is -2.48. The van der Waals surface area contributed by atoms with E-state index in [2.05, 4.69) is 19.2 Å². The molecule has 1 N–H and O–H groups in total. The monoisotopic (exact) mass is 361 g/mol. The van der Waals surface area contributed by atoms with Crippen molar-refractivity contribution in [2.75, 3.05) is 0 Å². The van der Waals surface area contributed by atoms with E-state index in [4.69, 9.17) is 4.74 Å². The lowest BCUT2D eigenvalue weighted by atomic mass is 9.86. The Morgan fingerprint density at radius 3 is 2.08 bits per heavy atom. The van der Waals surface area contributed by atoms with Crippen LogP contribution in [0.25, 0.3) is 0 Å². The van der Waals surface area contributed by atoms with Crippen molar-refractivity contribution in [2.45, 2.75) is 73.0 Å². The molecule has 0 saturated heterocycles. The summed E-state index contributed by atoms with van der Waals surface area (Å²) in [5.74, 6) is 0.0635. The number of carbonyl (C=O) groups is 2. The molecule has 0 spiro atoms. The molecule has 1 aromatic carbocycles. The molecule has 1 unspecified atom stereocenters. The normalized spacial score (nSPS) is 14.2. The predicted molar refractivity (Wildman–Crippen MR) is 106 cm³/mol. The molecule has 0 fully saturated rings. The topological polar surface area (TPSA) is 55.4 Å². The highest BCUT2D eigenvalue weighted by molar-refractivity contribution is 5.86. The van der Waals surface area contributed by atoms with Gasteiger partial charge in [0.05, 0.1) is 0 Å². The lowest BCUT2D eigenvalue weighted by Gasteiger charge is -2.27. The van der Waals surface area contributed by atoms with Crippen molar-refractivity contribution in [2.24, 2.45) is 17.8 Å². The molecular weight excluding hydrogens is 326 g/mol. The molecule has 1 rings (SSSR count). The highest BCUT2D eigenvalue weighted by Crippen LogP contribution is 2.21. The van der Waals surface area contributed by atoms with Gasteiger partial charge in [-0.15, -0.1) is 0 Å². The van der Waals surface area contributed by atoms with Crippen LogP contribution in [0, 0.1) is 17.8 Å². The van der Waals surface area contributed by atoms with E-state index < -0.39 is 11.6 Å². The zero-order valence-corrected chi connectivity index (χ0v) is 17.3. The first-order valence-corrected chi connectivity index (χ1v) is 9.56. The van der Waals surface area contributed by atoms with Gasteiger partial charge in [0.2, 0.25) is 5.91 Å². The van der Waals surface area contributed by atoms with Gasteiger partial charge in [-0.3, -0.25) is 4.79 Å². The summed E-state index contributed by atoms with van der Waals surface area (Å²) in [6.07, 6.45) is 1.23. The maximum Gasteiger partial charge on any atom is 0.329 e. The van der Waals surface area contributed by atoms with Crippen molar-refractivity contribution in [3.05, 3.63) is 35.9 Å². The van der Waals surface area contributed by atoms with Gasteiger partial charge in [-0.25, -0.2) is 4.79 Å². The first kappa shape index (κ1) is 22.2. The maximum atomic E-state index is 12.9. The van der Waals surface area contributed by atoms with Crippen LogP contribution >= 0.6 is 0 Å². The maximum absolute atomic E-state index is 12.9. The zero-order valence-electron chi connectivity index (χ0n) is 17.3. The summed E-state index contributed by atoms with van der Waals surface area (Å²) in [5, 5.41) is 2.96. The highest BCUT2D eigenvalue weighted by atomic mass is 16.6. The summed E-state index contributed by atoms with van der Waals surface area (Å²) in [7, 11) is 0. The third-order valence-electron chi connectivity index (χ3n) is 4.16. The van der Waals surface area contributed by atoms with Crippen molar-refractivity contribution in [3.8, 4) is 0 Å². The SMILES string of the molecule is CC(C)CC(C(=O)N[C@@H](Cc1ccccc1)C(=O)OC(C)(C)C)C(C)C. The van der Waals surface area contributed by atoms with Crippen molar-refractivity contribution in [1.82, 2.24) is 5.32 Å². The van der Waals surface area contributed by atoms with Crippen molar-refractivity contribution in [3.63, 3.8) is 0 Å². The molecule has 4 nitrogen and oxygen atoms in total. The van der Waals surface area contributed by atoms with Gasteiger partial charge in [0.1, 0.15) is 11.6 Å². The Labute approximate surface area is 158 Å². The van der Waals surface area contributed by atoms with Crippen molar-refractivity contribution >= 4 is 11.9 Å². The number of carbonyl (C=O) groups excluding carboxylic acids is 2. The van der Waals surface area contributed by atoms with E-state index in [1.807, 2.05) is 65.0 Å². The lowest BCUT2D eigenvalue weighted by molar-refractivity contribution is -0.159. The molecule has 0 saturated carbocycles. The fourth-order valence-electron chi connectivity index (χ4n) is 2.88. The van der Waals surface area contributed by atoms with Gasteiger partial charge in [-0.2, -0.15) is 0 Å². The molecule has 1 amide bonds. The van der Waals surface area contributed by atoms with E-state index in [0.717, 1.165) is 12.0 Å². The van der Waals surface area contributed by atoms with Crippen LogP contribution in [0.4, 0.5) is 0 Å². The third kappa shape index (κ3) is 8.03. The van der Waals surface area contributed by atoms with E-state index in [1.165, 1.54) is 0 Å². The van der Waals surface area contributed by atoms with Crippen LogP contribution in [0.1, 0.15) is 60.5 Å². The Kier molecular flexibility index (Phi) is 8.32. The molecule has 0 aliphatic carbocycles. The molecular formula is C22H35NO3. The van der Waals surface area contributed by atoms with Crippen LogP contribution in [0.5, 0.6) is 0 Å². The van der Waals surface area contributed by atoms with Crippen LogP contribution < -0.4 is 5.32 Å². The number of amides is 1. The first-order valence-electron chi connectivity index (χ1n) is 9.56. The fraction of sp³-hybridized carbons (Fsp3) is 0.636. The van der Waals surface area contributed by atoms with E-state index in [0.29, 0.717) is 12.3 Å². The number of nitrogens with one attached hydrogen (secondary N) is 1. The van der Waals surface area contributed by atoms with Crippen LogP contribution in [-0.4, -0.2) is 23.5 Å². The van der Waals surface area contributed by atoms with Crippen molar-refractivity contribution < 1.29 is 14.3 Å². The molecule has 2 atom stereocenters. The highest BCUT2D eigenvalue weighted by Gasteiger charge is 2.30. The summed E-state index contributed by atoms with van der Waals surface area (Å²) >= 11 is 0. The van der Waals surface area contributed by atoms with Crippen LogP contribution in [0.15, 0.2) is 30.3 Å². The smallest absolute Gasteiger partial charge is 0.329 e. The number of hydrogen-bond donors (Lipinski definition) is 1. The molecule has 0 heterocycles. The number of benzene rings is 1. The number of esters is 1. The second kappa shape index (κ2) is 9.75. The van der Waals surface area contributed by atoms with Gasteiger partial charge < -0.3 is 10.1 Å². The Hall–Kier alpha value is -1.84. The van der Waals surface area contributed by atoms with Crippen molar-refractivity contribution in [1.29, 1.82) is 0 Å². The standard InChI is InChI=1S/C22H35NO3/c1-15(2)13-18(16(3)4)20(24)23-19(21(25)26-22(5,6)7)14-17-11-9-8-10-12-17/h8-12,15-16,18-19H,13-14H2,1-7H3,(H,23,24)/t18?,19-/m0/s1. The Balaban J connectivity index is 2.96. The van der Waals surface area contributed by atoms with E-state index in [1.54, 1.807) is 0 Å². The minimum atomic E-state index is -0.683. The molecule has 4 heteroatoms. The number of ether oxygens (including phenoxy) is 1. The fourth-order valence-corrected chi connectivity index (χ4v) is 2.88. The summed E-state index contributed by atoms with van der Waals surface area (Å²) < 4.78 is 5.54. The van der Waals surface area contributed by atoms with E-state index in [9.17, 15) is 9.59 Å². The second-order valence-corrected chi connectivity index (χ2v) is 8.76. The van der Waals surface area contributed by atoms with Gasteiger partial charge >= 0.3 is 5.97 Å². The minimum Gasteiger partial charge on any atom is -0.458 e. The molecule has 0 aliphatic rings. The van der Waals surface area contributed by atoms with Crippen LogP contribution in [-0.2, 0) is 20.7 Å². The molecule has 1 aromatic rings. The first-order chi connectivity index (χ1) is 12.0. The van der Waals surface area contributed by atoms with Crippen LogP contribution in [0.3, 0.4) is 0 Å². The van der Waals surface area contributed by atoms with Gasteiger partial charge in [0.15, 0.2) is 0 Å². The number of rotatable bonds is 8. The average Bonchev–Trinajstić information content (AvgIpc) is 2.50. The molecule has 0 radical (unpaired) electrons. The Morgan fingerprint density at radius 1 is 1.04 bits per heavy atom. The zero-order chi connectivity index (χ0) is 19.9. The van der Waals surface area contributed by atoms with Gasteiger partial charge in [-0.1, -0.05) is 58.0 Å². The average molecular weight is 362 g/mol. The Bertz CT molecular complexity index is 573. The molecule has 0 aliphatic heterocycles. The van der Waals surface area contributed by atoms with Crippen LogP contribution in [0.2, 0.25) is 0 Å². The summed E-state index contributed by atoms with van der Waals surface area (Å²) in [6, 6.07) is 9.02. The summed E-state index contributed by atoms with van der Waals surface area (Å²) in [4.78, 5) is 25.5. The van der Waals surface area contributed by atoms with E-state index >= 15 is 0 Å². The summed E-state index contributed by atoms with van der Waals surface area (Å²) in [5.41, 5.74) is 0.403. The largest absolute Gasteiger partial charge is 0.458 e.